The molecule has 0 fully saturated rings. The first-order chi connectivity index (χ1) is 9.17. The van der Waals surface area contributed by atoms with Crippen molar-refractivity contribution in [3.8, 4) is 17.2 Å². The SMILES string of the molecule is CCOc1cc(OCC)c(C(=O)CCl)c(OCC)c1. The lowest BCUT2D eigenvalue weighted by Crippen LogP contribution is -2.09. The number of ketones is 1. The fourth-order valence-electron chi connectivity index (χ4n) is 1.70. The van der Waals surface area contributed by atoms with Gasteiger partial charge in [0.05, 0.1) is 25.7 Å². The van der Waals surface area contributed by atoms with Crippen molar-refractivity contribution in [3.63, 3.8) is 0 Å². The zero-order chi connectivity index (χ0) is 14.3. The Morgan fingerprint density at radius 1 is 1.00 bits per heavy atom. The maximum absolute atomic E-state index is 11.9. The first-order valence-corrected chi connectivity index (χ1v) is 6.86. The van der Waals surface area contributed by atoms with Crippen LogP contribution in [-0.2, 0) is 0 Å². The van der Waals surface area contributed by atoms with Crippen molar-refractivity contribution in [1.82, 2.24) is 0 Å². The van der Waals surface area contributed by atoms with Crippen LogP contribution in [0.2, 0.25) is 0 Å². The summed E-state index contributed by atoms with van der Waals surface area (Å²) in [4.78, 5) is 11.9. The Hall–Kier alpha value is -1.42. The Balaban J connectivity index is 3.32. The van der Waals surface area contributed by atoms with Gasteiger partial charge in [-0.3, -0.25) is 4.79 Å². The second-order valence-electron chi connectivity index (χ2n) is 3.65. The number of hydrogen-bond acceptors (Lipinski definition) is 4. The minimum Gasteiger partial charge on any atom is -0.494 e. The van der Waals surface area contributed by atoms with Gasteiger partial charge in [-0.2, -0.15) is 0 Å². The number of benzene rings is 1. The molecule has 1 aromatic rings. The summed E-state index contributed by atoms with van der Waals surface area (Å²) in [5, 5.41) is 0. The molecule has 0 unspecified atom stereocenters. The summed E-state index contributed by atoms with van der Waals surface area (Å²) < 4.78 is 16.4. The van der Waals surface area contributed by atoms with Gasteiger partial charge < -0.3 is 14.2 Å². The van der Waals surface area contributed by atoms with E-state index in [0.717, 1.165) is 0 Å². The van der Waals surface area contributed by atoms with E-state index < -0.39 is 0 Å². The maximum atomic E-state index is 11.9. The molecule has 0 bridgehead atoms. The molecule has 19 heavy (non-hydrogen) atoms. The van der Waals surface area contributed by atoms with Crippen LogP contribution in [0.15, 0.2) is 12.1 Å². The summed E-state index contributed by atoms with van der Waals surface area (Å²) in [7, 11) is 0. The number of alkyl halides is 1. The van der Waals surface area contributed by atoms with E-state index in [-0.39, 0.29) is 11.7 Å². The number of rotatable bonds is 8. The van der Waals surface area contributed by atoms with E-state index in [2.05, 4.69) is 0 Å². The highest BCUT2D eigenvalue weighted by Gasteiger charge is 2.20. The third kappa shape index (κ3) is 4.03. The second kappa shape index (κ2) is 7.89. The van der Waals surface area contributed by atoms with Crippen LogP contribution in [0.5, 0.6) is 17.2 Å². The van der Waals surface area contributed by atoms with Gasteiger partial charge in [0.1, 0.15) is 22.8 Å². The van der Waals surface area contributed by atoms with E-state index in [9.17, 15) is 4.79 Å². The van der Waals surface area contributed by atoms with Gasteiger partial charge in [-0.05, 0) is 20.8 Å². The van der Waals surface area contributed by atoms with Crippen molar-refractivity contribution in [1.29, 1.82) is 0 Å². The number of carbonyl (C=O) groups excluding carboxylic acids is 1. The van der Waals surface area contributed by atoms with Crippen LogP contribution in [0, 0.1) is 0 Å². The standard InChI is InChI=1S/C14H19ClO4/c1-4-17-10-7-12(18-5-2)14(11(16)9-15)13(8-10)19-6-3/h7-8H,4-6,9H2,1-3H3. The molecule has 0 saturated heterocycles. The molecule has 0 heterocycles. The van der Waals surface area contributed by atoms with E-state index in [0.29, 0.717) is 42.6 Å². The fraction of sp³-hybridized carbons (Fsp3) is 0.500. The highest BCUT2D eigenvalue weighted by molar-refractivity contribution is 6.31. The van der Waals surface area contributed by atoms with Gasteiger partial charge in [-0.25, -0.2) is 0 Å². The zero-order valence-electron chi connectivity index (χ0n) is 11.5. The van der Waals surface area contributed by atoms with Crippen molar-refractivity contribution in [2.24, 2.45) is 0 Å². The van der Waals surface area contributed by atoms with Crippen molar-refractivity contribution < 1.29 is 19.0 Å². The van der Waals surface area contributed by atoms with Crippen LogP contribution in [0.4, 0.5) is 0 Å². The normalized spacial score (nSPS) is 10.1. The van der Waals surface area contributed by atoms with E-state index in [1.54, 1.807) is 12.1 Å². The van der Waals surface area contributed by atoms with Gasteiger partial charge in [-0.15, -0.1) is 11.6 Å². The van der Waals surface area contributed by atoms with E-state index in [1.807, 2.05) is 20.8 Å². The number of carbonyl (C=O) groups is 1. The third-order valence-electron chi connectivity index (χ3n) is 2.35. The highest BCUT2D eigenvalue weighted by atomic mass is 35.5. The summed E-state index contributed by atoms with van der Waals surface area (Å²) in [5.41, 5.74) is 0.377. The molecule has 0 aliphatic heterocycles. The number of halogens is 1. The lowest BCUT2D eigenvalue weighted by Gasteiger charge is -2.16. The molecule has 0 spiro atoms. The predicted molar refractivity (Wildman–Crippen MR) is 75.0 cm³/mol. The maximum Gasteiger partial charge on any atom is 0.185 e. The first kappa shape index (κ1) is 15.6. The quantitative estimate of drug-likeness (QED) is 0.543. The number of ether oxygens (including phenoxy) is 3. The lowest BCUT2D eigenvalue weighted by atomic mass is 10.1. The molecule has 0 aliphatic carbocycles. The molecule has 0 amide bonds. The molecular weight excluding hydrogens is 268 g/mol. The molecule has 1 aromatic carbocycles. The second-order valence-corrected chi connectivity index (χ2v) is 3.92. The van der Waals surface area contributed by atoms with Crippen LogP contribution in [0.3, 0.4) is 0 Å². The average Bonchev–Trinajstić information content (AvgIpc) is 2.39. The van der Waals surface area contributed by atoms with E-state index in [4.69, 9.17) is 25.8 Å². The minimum absolute atomic E-state index is 0.117. The highest BCUT2D eigenvalue weighted by Crippen LogP contribution is 2.35. The third-order valence-corrected chi connectivity index (χ3v) is 2.59. The van der Waals surface area contributed by atoms with Crippen molar-refractivity contribution in [3.05, 3.63) is 17.7 Å². The molecule has 106 valence electrons. The van der Waals surface area contributed by atoms with Crippen molar-refractivity contribution in [2.45, 2.75) is 20.8 Å². The molecule has 0 saturated carbocycles. The summed E-state index contributed by atoms with van der Waals surface area (Å²) in [6, 6.07) is 3.38. The predicted octanol–water partition coefficient (Wildman–Crippen LogP) is 3.30. The van der Waals surface area contributed by atoms with Crippen LogP contribution < -0.4 is 14.2 Å². The topological polar surface area (TPSA) is 44.8 Å². The van der Waals surface area contributed by atoms with Crippen LogP contribution >= 0.6 is 11.6 Å². The van der Waals surface area contributed by atoms with Gasteiger partial charge in [0.15, 0.2) is 5.78 Å². The van der Waals surface area contributed by atoms with Gasteiger partial charge in [0, 0.05) is 12.1 Å². The minimum atomic E-state index is -0.225. The van der Waals surface area contributed by atoms with Crippen LogP contribution in [0.1, 0.15) is 31.1 Å². The fourth-order valence-corrected chi connectivity index (χ4v) is 1.83. The molecule has 1 rings (SSSR count). The van der Waals surface area contributed by atoms with Gasteiger partial charge in [0.2, 0.25) is 0 Å². The first-order valence-electron chi connectivity index (χ1n) is 6.33. The van der Waals surface area contributed by atoms with Gasteiger partial charge >= 0.3 is 0 Å². The van der Waals surface area contributed by atoms with Gasteiger partial charge in [0.25, 0.3) is 0 Å². The molecule has 0 radical (unpaired) electrons. The summed E-state index contributed by atoms with van der Waals surface area (Å²) in [6.07, 6.45) is 0. The molecular formula is C14H19ClO4. The Morgan fingerprint density at radius 2 is 1.47 bits per heavy atom. The molecule has 4 nitrogen and oxygen atoms in total. The van der Waals surface area contributed by atoms with Gasteiger partial charge in [-0.1, -0.05) is 0 Å². The molecule has 0 aliphatic rings. The number of Topliss-reactive ketones (excluding diaryl/α,β-unsaturated/α-hetero) is 1. The zero-order valence-corrected chi connectivity index (χ0v) is 12.3. The molecule has 5 heteroatoms. The lowest BCUT2D eigenvalue weighted by molar-refractivity contribution is 0.101. The summed E-state index contributed by atoms with van der Waals surface area (Å²) >= 11 is 5.64. The number of hydrogen-bond donors (Lipinski definition) is 0. The molecule has 0 atom stereocenters. The Labute approximate surface area is 118 Å². The monoisotopic (exact) mass is 286 g/mol. The van der Waals surface area contributed by atoms with Crippen LogP contribution in [0.25, 0.3) is 0 Å². The Bertz CT molecular complexity index is 404. The van der Waals surface area contributed by atoms with E-state index in [1.165, 1.54) is 0 Å². The largest absolute Gasteiger partial charge is 0.494 e. The van der Waals surface area contributed by atoms with Crippen molar-refractivity contribution >= 4 is 17.4 Å². The van der Waals surface area contributed by atoms with E-state index >= 15 is 0 Å². The average molecular weight is 287 g/mol. The smallest absolute Gasteiger partial charge is 0.185 e. The Kier molecular flexibility index (Phi) is 6.50. The Morgan fingerprint density at radius 3 is 1.84 bits per heavy atom. The molecule has 0 N–H and O–H groups in total. The molecule has 0 aromatic heterocycles. The summed E-state index contributed by atoms with van der Waals surface area (Å²) in [6.45, 7) is 7.01. The van der Waals surface area contributed by atoms with Crippen molar-refractivity contribution in [2.75, 3.05) is 25.7 Å². The summed E-state index contributed by atoms with van der Waals surface area (Å²) in [5.74, 6) is 1.16. The van der Waals surface area contributed by atoms with Crippen LogP contribution in [-0.4, -0.2) is 31.5 Å².